The van der Waals surface area contributed by atoms with Crippen molar-refractivity contribution >= 4 is 11.6 Å². The van der Waals surface area contributed by atoms with Crippen LogP contribution in [0.5, 0.6) is 0 Å². The zero-order valence-electron chi connectivity index (χ0n) is 9.33. The predicted molar refractivity (Wildman–Crippen MR) is 67.0 cm³/mol. The first-order chi connectivity index (χ1) is 8.63. The van der Waals surface area contributed by atoms with Crippen molar-refractivity contribution in [2.24, 2.45) is 5.84 Å². The maximum atomic E-state index is 13.4. The molecule has 94 valence electrons. The maximum absolute atomic E-state index is 13.4. The third kappa shape index (κ3) is 2.51. The monoisotopic (exact) mass is 268 g/mol. The largest absolute Gasteiger partial charge is 0.271 e. The highest BCUT2D eigenvalue weighted by molar-refractivity contribution is 6.31. The summed E-state index contributed by atoms with van der Waals surface area (Å²) in [7, 11) is 0. The summed E-state index contributed by atoms with van der Waals surface area (Å²) >= 11 is 5.90. The molecule has 0 heterocycles. The summed E-state index contributed by atoms with van der Waals surface area (Å²) in [5.74, 6) is 4.60. The highest BCUT2D eigenvalue weighted by Gasteiger charge is 2.17. The van der Waals surface area contributed by atoms with Crippen LogP contribution in [0.15, 0.2) is 42.5 Å². The van der Waals surface area contributed by atoms with Gasteiger partial charge in [0.15, 0.2) is 0 Å². The molecular weight excluding hydrogens is 258 g/mol. The summed E-state index contributed by atoms with van der Waals surface area (Å²) in [6.07, 6.45) is 0. The molecule has 0 aliphatic heterocycles. The molecule has 1 unspecified atom stereocenters. The molecule has 0 aliphatic rings. The SMILES string of the molecule is NNC(c1ccc(F)cc1)c1cccc(F)c1Cl. The first-order valence-corrected chi connectivity index (χ1v) is 5.66. The number of nitrogens with one attached hydrogen (secondary N) is 1. The first-order valence-electron chi connectivity index (χ1n) is 5.29. The van der Waals surface area contributed by atoms with E-state index in [0.29, 0.717) is 11.1 Å². The van der Waals surface area contributed by atoms with Crippen LogP contribution in [-0.2, 0) is 0 Å². The molecule has 2 aromatic carbocycles. The van der Waals surface area contributed by atoms with E-state index in [2.05, 4.69) is 5.43 Å². The van der Waals surface area contributed by atoms with Gasteiger partial charge in [0, 0.05) is 0 Å². The van der Waals surface area contributed by atoms with Gasteiger partial charge in [0.1, 0.15) is 11.6 Å². The molecule has 0 amide bonds. The Kier molecular flexibility index (Phi) is 3.91. The van der Waals surface area contributed by atoms with Gasteiger partial charge in [-0.2, -0.15) is 0 Å². The van der Waals surface area contributed by atoms with Gasteiger partial charge in [0.25, 0.3) is 0 Å². The van der Waals surface area contributed by atoms with Gasteiger partial charge in [-0.05, 0) is 29.3 Å². The number of rotatable bonds is 3. The van der Waals surface area contributed by atoms with Crippen molar-refractivity contribution < 1.29 is 8.78 Å². The van der Waals surface area contributed by atoms with Crippen molar-refractivity contribution in [3.05, 3.63) is 70.2 Å². The summed E-state index contributed by atoms with van der Waals surface area (Å²) < 4.78 is 26.3. The number of hydrogen-bond donors (Lipinski definition) is 2. The molecule has 1 atom stereocenters. The summed E-state index contributed by atoms with van der Waals surface area (Å²) in [5.41, 5.74) is 3.75. The molecule has 0 aliphatic carbocycles. The zero-order valence-corrected chi connectivity index (χ0v) is 10.1. The van der Waals surface area contributed by atoms with E-state index in [4.69, 9.17) is 17.4 Å². The van der Waals surface area contributed by atoms with Crippen molar-refractivity contribution in [1.82, 2.24) is 5.43 Å². The van der Waals surface area contributed by atoms with Crippen LogP contribution in [0.3, 0.4) is 0 Å². The number of benzene rings is 2. The predicted octanol–water partition coefficient (Wildman–Crippen LogP) is 3.17. The first kappa shape index (κ1) is 13.0. The minimum absolute atomic E-state index is 0.00442. The fourth-order valence-electron chi connectivity index (χ4n) is 1.76. The van der Waals surface area contributed by atoms with Crippen molar-refractivity contribution in [3.8, 4) is 0 Å². The average molecular weight is 269 g/mol. The van der Waals surface area contributed by atoms with E-state index in [1.807, 2.05) is 0 Å². The Morgan fingerprint density at radius 3 is 2.33 bits per heavy atom. The molecule has 3 N–H and O–H groups in total. The lowest BCUT2D eigenvalue weighted by Gasteiger charge is -2.18. The highest BCUT2D eigenvalue weighted by atomic mass is 35.5. The molecule has 0 saturated heterocycles. The second kappa shape index (κ2) is 5.44. The third-order valence-corrected chi connectivity index (χ3v) is 3.06. The molecule has 0 radical (unpaired) electrons. The van der Waals surface area contributed by atoms with Gasteiger partial charge in [-0.3, -0.25) is 5.84 Å². The lowest BCUT2D eigenvalue weighted by atomic mass is 9.99. The van der Waals surface area contributed by atoms with Gasteiger partial charge >= 0.3 is 0 Å². The van der Waals surface area contributed by atoms with Crippen LogP contribution in [-0.4, -0.2) is 0 Å². The number of hydrazine groups is 1. The number of hydrogen-bond acceptors (Lipinski definition) is 2. The van der Waals surface area contributed by atoms with Gasteiger partial charge in [0.05, 0.1) is 11.1 Å². The van der Waals surface area contributed by atoms with Gasteiger partial charge in [0.2, 0.25) is 0 Å². The van der Waals surface area contributed by atoms with Gasteiger partial charge in [-0.25, -0.2) is 14.2 Å². The highest BCUT2D eigenvalue weighted by Crippen LogP contribution is 2.29. The standard InChI is InChI=1S/C13H11ClF2N2/c14-12-10(2-1-3-11(12)16)13(18-17)8-4-6-9(15)7-5-8/h1-7,13,18H,17H2. The fraction of sp³-hybridized carbons (Fsp3) is 0.0769. The molecule has 0 spiro atoms. The van der Waals surface area contributed by atoms with E-state index < -0.39 is 11.9 Å². The smallest absolute Gasteiger partial charge is 0.142 e. The minimum Gasteiger partial charge on any atom is -0.271 e. The molecule has 0 saturated carbocycles. The summed E-state index contributed by atoms with van der Waals surface area (Å²) in [6.45, 7) is 0. The van der Waals surface area contributed by atoms with Crippen molar-refractivity contribution in [2.45, 2.75) is 6.04 Å². The van der Waals surface area contributed by atoms with Crippen LogP contribution in [0.1, 0.15) is 17.2 Å². The van der Waals surface area contributed by atoms with E-state index in [0.717, 1.165) is 0 Å². The van der Waals surface area contributed by atoms with Crippen LogP contribution < -0.4 is 11.3 Å². The van der Waals surface area contributed by atoms with Gasteiger partial charge in [-0.1, -0.05) is 35.9 Å². The van der Waals surface area contributed by atoms with Gasteiger partial charge < -0.3 is 0 Å². The van der Waals surface area contributed by atoms with Crippen molar-refractivity contribution in [2.75, 3.05) is 0 Å². The molecule has 2 aromatic rings. The second-order valence-corrected chi connectivity index (χ2v) is 4.17. The Labute approximate surface area is 108 Å². The Hall–Kier alpha value is -1.49. The maximum Gasteiger partial charge on any atom is 0.142 e. The van der Waals surface area contributed by atoms with Crippen LogP contribution in [0.25, 0.3) is 0 Å². The van der Waals surface area contributed by atoms with Crippen molar-refractivity contribution in [3.63, 3.8) is 0 Å². The molecule has 0 bridgehead atoms. The Balaban J connectivity index is 2.45. The molecule has 2 rings (SSSR count). The fourth-order valence-corrected chi connectivity index (χ4v) is 2.00. The lowest BCUT2D eigenvalue weighted by molar-refractivity contribution is 0.601. The van der Waals surface area contributed by atoms with E-state index in [1.165, 1.54) is 18.2 Å². The zero-order chi connectivity index (χ0) is 13.1. The average Bonchev–Trinajstić information content (AvgIpc) is 2.37. The second-order valence-electron chi connectivity index (χ2n) is 3.79. The minimum atomic E-state index is -0.517. The quantitative estimate of drug-likeness (QED) is 0.663. The summed E-state index contributed by atoms with van der Waals surface area (Å²) in [6, 6.07) is 9.75. The molecule has 0 fully saturated rings. The lowest BCUT2D eigenvalue weighted by Crippen LogP contribution is -2.29. The third-order valence-electron chi connectivity index (χ3n) is 2.66. The van der Waals surface area contributed by atoms with Crippen LogP contribution >= 0.6 is 11.6 Å². The Morgan fingerprint density at radius 2 is 1.72 bits per heavy atom. The van der Waals surface area contributed by atoms with Crippen LogP contribution in [0, 0.1) is 11.6 Å². The van der Waals surface area contributed by atoms with Crippen LogP contribution in [0.2, 0.25) is 5.02 Å². The van der Waals surface area contributed by atoms with Gasteiger partial charge in [-0.15, -0.1) is 0 Å². The number of halogens is 3. The summed E-state index contributed by atoms with van der Waals surface area (Å²) in [4.78, 5) is 0. The number of nitrogens with two attached hydrogens (primary N) is 1. The topological polar surface area (TPSA) is 38.0 Å². The van der Waals surface area contributed by atoms with Crippen LogP contribution in [0.4, 0.5) is 8.78 Å². The van der Waals surface area contributed by atoms with E-state index in [9.17, 15) is 8.78 Å². The molecular formula is C13H11ClF2N2. The van der Waals surface area contributed by atoms with E-state index in [1.54, 1.807) is 24.3 Å². The Bertz CT molecular complexity index is 543. The van der Waals surface area contributed by atoms with E-state index >= 15 is 0 Å². The Morgan fingerprint density at radius 1 is 1.06 bits per heavy atom. The summed E-state index contributed by atoms with van der Waals surface area (Å²) in [5, 5.41) is 0.00442. The molecule has 2 nitrogen and oxygen atoms in total. The molecule has 18 heavy (non-hydrogen) atoms. The van der Waals surface area contributed by atoms with Crippen molar-refractivity contribution in [1.29, 1.82) is 0 Å². The van der Waals surface area contributed by atoms with E-state index in [-0.39, 0.29) is 10.8 Å². The molecule has 5 heteroatoms. The molecule has 0 aromatic heterocycles. The normalized spacial score (nSPS) is 12.4.